The third kappa shape index (κ3) is 3.41. The number of thiazole rings is 1. The zero-order valence-corrected chi connectivity index (χ0v) is 14.2. The van der Waals surface area contributed by atoms with Crippen LogP contribution in [0.15, 0.2) is 34.4 Å². The van der Waals surface area contributed by atoms with Gasteiger partial charge in [-0.2, -0.15) is 0 Å². The van der Waals surface area contributed by atoms with Crippen molar-refractivity contribution in [1.82, 2.24) is 4.57 Å². The molecule has 1 aromatic heterocycles. The molecule has 0 aliphatic carbocycles. The minimum atomic E-state index is -0.478. The molecule has 0 saturated carbocycles. The number of carbonyl (C=O) groups is 2. The number of esters is 1. The van der Waals surface area contributed by atoms with Gasteiger partial charge >= 0.3 is 10.8 Å². The highest BCUT2D eigenvalue weighted by atomic mass is 32.1. The van der Waals surface area contributed by atoms with E-state index in [4.69, 9.17) is 4.74 Å². The number of carbonyl (C=O) groups excluding carboxylic acids is 2. The highest BCUT2D eigenvalue weighted by Crippen LogP contribution is 2.27. The Morgan fingerprint density at radius 1 is 1.29 bits per heavy atom. The molecule has 2 aromatic rings. The first-order chi connectivity index (χ1) is 11.6. The topological polar surface area (TPSA) is 68.6 Å². The van der Waals surface area contributed by atoms with Crippen LogP contribution in [0.4, 0.5) is 5.69 Å². The minimum absolute atomic E-state index is 0.0708. The lowest BCUT2D eigenvalue weighted by Crippen LogP contribution is -2.33. The van der Waals surface area contributed by atoms with Crippen molar-refractivity contribution in [2.75, 3.05) is 18.1 Å². The van der Waals surface area contributed by atoms with E-state index in [1.165, 1.54) is 4.57 Å². The molecule has 0 radical (unpaired) electrons. The first-order valence-corrected chi connectivity index (χ1v) is 8.63. The largest absolute Gasteiger partial charge is 0.455 e. The summed E-state index contributed by atoms with van der Waals surface area (Å²) in [4.78, 5) is 37.2. The molecule has 0 unspecified atom stereocenters. The van der Waals surface area contributed by atoms with Gasteiger partial charge in [0.05, 0.1) is 6.42 Å². The molecule has 1 amide bonds. The Bertz CT molecular complexity index is 824. The Kier molecular flexibility index (Phi) is 4.80. The summed E-state index contributed by atoms with van der Waals surface area (Å²) in [6.45, 7) is 2.43. The minimum Gasteiger partial charge on any atom is -0.455 e. The predicted molar refractivity (Wildman–Crippen MR) is 91.4 cm³/mol. The van der Waals surface area contributed by atoms with Crippen molar-refractivity contribution in [2.24, 2.45) is 0 Å². The van der Waals surface area contributed by atoms with Gasteiger partial charge in [0.15, 0.2) is 6.61 Å². The van der Waals surface area contributed by atoms with Crippen LogP contribution in [-0.4, -0.2) is 29.6 Å². The van der Waals surface area contributed by atoms with Crippen molar-refractivity contribution in [2.45, 2.75) is 26.3 Å². The van der Waals surface area contributed by atoms with Gasteiger partial charge < -0.3 is 14.2 Å². The van der Waals surface area contributed by atoms with E-state index in [0.29, 0.717) is 6.54 Å². The number of aromatic nitrogens is 1. The number of ether oxygens (including phenoxy) is 1. The summed E-state index contributed by atoms with van der Waals surface area (Å²) in [5.41, 5.74) is 2.84. The number of anilines is 1. The smallest absolute Gasteiger partial charge is 0.308 e. The molecule has 0 saturated heterocycles. The van der Waals surface area contributed by atoms with Crippen molar-refractivity contribution >= 4 is 28.9 Å². The highest BCUT2D eigenvalue weighted by molar-refractivity contribution is 7.07. The first-order valence-electron chi connectivity index (χ1n) is 7.75. The molecule has 1 aromatic carbocycles. The fraction of sp³-hybridized carbons (Fsp3) is 0.353. The summed E-state index contributed by atoms with van der Waals surface area (Å²) < 4.78 is 6.60. The maximum Gasteiger partial charge on any atom is 0.308 e. The summed E-state index contributed by atoms with van der Waals surface area (Å²) in [7, 11) is 0. The first kappa shape index (κ1) is 16.4. The van der Waals surface area contributed by atoms with Crippen molar-refractivity contribution in [3.63, 3.8) is 0 Å². The van der Waals surface area contributed by atoms with Crippen LogP contribution in [0.5, 0.6) is 0 Å². The zero-order valence-electron chi connectivity index (χ0n) is 13.4. The van der Waals surface area contributed by atoms with E-state index in [2.05, 4.69) is 0 Å². The molecular formula is C17H18N2O4S. The van der Waals surface area contributed by atoms with Gasteiger partial charge in [-0.1, -0.05) is 29.5 Å². The normalized spacial score (nSPS) is 13.0. The van der Waals surface area contributed by atoms with Crippen molar-refractivity contribution < 1.29 is 14.3 Å². The molecule has 1 aliphatic rings. The molecule has 6 nitrogen and oxygen atoms in total. The van der Waals surface area contributed by atoms with Gasteiger partial charge in [-0.25, -0.2) is 0 Å². The van der Waals surface area contributed by atoms with Crippen LogP contribution in [0, 0.1) is 6.92 Å². The standard InChI is InChI=1S/C17H18N2O4S/c1-12-11-24-17(22)18(12)9-7-16(21)23-10-15(20)19-8-6-13-4-2-3-5-14(13)19/h2-5,11H,6-10H2,1H3. The third-order valence-electron chi connectivity index (χ3n) is 4.06. The van der Waals surface area contributed by atoms with Crippen LogP contribution in [0.3, 0.4) is 0 Å². The van der Waals surface area contributed by atoms with E-state index < -0.39 is 5.97 Å². The Balaban J connectivity index is 1.50. The number of rotatable bonds is 5. The molecule has 7 heteroatoms. The van der Waals surface area contributed by atoms with E-state index in [1.54, 1.807) is 10.3 Å². The summed E-state index contributed by atoms with van der Waals surface area (Å²) in [6.07, 6.45) is 0.886. The van der Waals surface area contributed by atoms with E-state index in [9.17, 15) is 14.4 Å². The van der Waals surface area contributed by atoms with Crippen LogP contribution in [0.25, 0.3) is 0 Å². The second-order valence-corrected chi connectivity index (χ2v) is 6.45. The van der Waals surface area contributed by atoms with Crippen molar-refractivity contribution in [3.05, 3.63) is 50.6 Å². The highest BCUT2D eigenvalue weighted by Gasteiger charge is 2.24. The average molecular weight is 346 g/mol. The molecule has 2 heterocycles. The van der Waals surface area contributed by atoms with Gasteiger partial charge in [0.2, 0.25) is 0 Å². The number of benzene rings is 1. The monoisotopic (exact) mass is 346 g/mol. The number of para-hydroxylation sites is 1. The molecule has 0 fully saturated rings. The van der Waals surface area contributed by atoms with E-state index in [-0.39, 0.29) is 30.4 Å². The number of amides is 1. The molecule has 0 N–H and O–H groups in total. The van der Waals surface area contributed by atoms with Gasteiger partial charge in [-0.3, -0.25) is 14.4 Å². The SMILES string of the molecule is Cc1csc(=O)n1CCC(=O)OCC(=O)N1CCc2ccccc21. The quantitative estimate of drug-likeness (QED) is 0.774. The maximum absolute atomic E-state index is 12.2. The van der Waals surface area contributed by atoms with Crippen LogP contribution in [-0.2, 0) is 27.3 Å². The van der Waals surface area contributed by atoms with Gasteiger partial charge in [-0.15, -0.1) is 0 Å². The maximum atomic E-state index is 12.2. The third-order valence-corrected chi connectivity index (χ3v) is 4.94. The Labute approximate surface area is 143 Å². The average Bonchev–Trinajstić information content (AvgIpc) is 3.15. The molecule has 3 rings (SSSR count). The molecule has 0 spiro atoms. The summed E-state index contributed by atoms with van der Waals surface area (Å²) in [6, 6.07) is 7.72. The summed E-state index contributed by atoms with van der Waals surface area (Å²) in [5, 5.41) is 1.75. The van der Waals surface area contributed by atoms with Crippen LogP contribution < -0.4 is 9.77 Å². The predicted octanol–water partition coefficient (Wildman–Crippen LogP) is 1.74. The van der Waals surface area contributed by atoms with Gasteiger partial charge in [0.25, 0.3) is 5.91 Å². The number of nitrogens with zero attached hydrogens (tertiary/aromatic N) is 2. The van der Waals surface area contributed by atoms with Crippen LogP contribution >= 0.6 is 11.3 Å². The fourth-order valence-corrected chi connectivity index (χ4v) is 3.53. The summed E-state index contributed by atoms with van der Waals surface area (Å²) in [5.74, 6) is -0.703. The molecule has 0 atom stereocenters. The molecule has 24 heavy (non-hydrogen) atoms. The van der Waals surface area contributed by atoms with Crippen LogP contribution in [0.1, 0.15) is 17.7 Å². The lowest BCUT2D eigenvalue weighted by Gasteiger charge is -2.17. The van der Waals surface area contributed by atoms with E-state index in [0.717, 1.165) is 34.7 Å². The van der Waals surface area contributed by atoms with Crippen molar-refractivity contribution in [1.29, 1.82) is 0 Å². The molecular weight excluding hydrogens is 328 g/mol. The van der Waals surface area contributed by atoms with E-state index in [1.807, 2.05) is 31.2 Å². The zero-order chi connectivity index (χ0) is 17.1. The van der Waals surface area contributed by atoms with Crippen LogP contribution in [0.2, 0.25) is 0 Å². The number of aryl methyl sites for hydroxylation is 1. The van der Waals surface area contributed by atoms with Gasteiger partial charge in [0.1, 0.15) is 0 Å². The Morgan fingerprint density at radius 3 is 2.83 bits per heavy atom. The lowest BCUT2D eigenvalue weighted by atomic mass is 10.2. The number of hydrogen-bond donors (Lipinski definition) is 0. The van der Waals surface area contributed by atoms with E-state index >= 15 is 0 Å². The van der Waals surface area contributed by atoms with Gasteiger partial charge in [0, 0.05) is 29.9 Å². The molecule has 0 bridgehead atoms. The lowest BCUT2D eigenvalue weighted by molar-refractivity contribution is -0.148. The Hall–Kier alpha value is -2.41. The molecule has 1 aliphatic heterocycles. The summed E-state index contributed by atoms with van der Waals surface area (Å²) >= 11 is 1.11. The van der Waals surface area contributed by atoms with Crippen molar-refractivity contribution in [3.8, 4) is 0 Å². The number of hydrogen-bond acceptors (Lipinski definition) is 5. The fourth-order valence-electron chi connectivity index (χ4n) is 2.77. The molecule has 126 valence electrons. The second kappa shape index (κ2) is 7.00. The second-order valence-electron chi connectivity index (χ2n) is 5.63. The van der Waals surface area contributed by atoms with Gasteiger partial charge in [-0.05, 0) is 25.0 Å². The number of fused-ring (bicyclic) bond motifs is 1. The Morgan fingerprint density at radius 2 is 2.08 bits per heavy atom.